The number of anilines is 1. The van der Waals surface area contributed by atoms with Gasteiger partial charge in [-0.15, -0.1) is 11.3 Å². The molecule has 0 aliphatic heterocycles. The van der Waals surface area contributed by atoms with Gasteiger partial charge in [0.1, 0.15) is 0 Å². The van der Waals surface area contributed by atoms with Crippen molar-refractivity contribution < 1.29 is 0 Å². The average molecular weight is 227 g/mol. The Morgan fingerprint density at radius 1 is 1.47 bits per heavy atom. The lowest BCUT2D eigenvalue weighted by atomic mass is 10.2. The summed E-state index contributed by atoms with van der Waals surface area (Å²) in [6.07, 6.45) is 1.90. The Kier molecular flexibility index (Phi) is 4.54. The molecule has 2 N–H and O–H groups in total. The maximum atomic E-state index is 5.82. The number of rotatable bonds is 5. The number of aromatic nitrogens is 1. The van der Waals surface area contributed by atoms with Crippen molar-refractivity contribution in [2.45, 2.75) is 33.7 Å². The van der Waals surface area contributed by atoms with Gasteiger partial charge in [-0.25, -0.2) is 4.98 Å². The Labute approximate surface area is 96.3 Å². The third-order valence-electron chi connectivity index (χ3n) is 2.20. The van der Waals surface area contributed by atoms with Gasteiger partial charge in [0.05, 0.1) is 0 Å². The van der Waals surface area contributed by atoms with Crippen LogP contribution in [-0.4, -0.2) is 18.1 Å². The van der Waals surface area contributed by atoms with E-state index in [-0.39, 0.29) is 6.04 Å². The number of thiazole rings is 1. The molecule has 1 atom stereocenters. The molecule has 1 rings (SSSR count). The van der Waals surface area contributed by atoms with Gasteiger partial charge in [-0.3, -0.25) is 0 Å². The zero-order chi connectivity index (χ0) is 11.4. The van der Waals surface area contributed by atoms with Crippen LogP contribution in [0, 0.1) is 5.92 Å². The van der Waals surface area contributed by atoms with Crippen LogP contribution < -0.4 is 10.6 Å². The second kappa shape index (κ2) is 5.47. The molecule has 0 bridgehead atoms. The van der Waals surface area contributed by atoms with Crippen molar-refractivity contribution in [3.8, 4) is 0 Å². The normalized spacial score (nSPS) is 13.2. The number of nitrogens with two attached hydrogens (primary N) is 1. The molecule has 0 saturated carbocycles. The minimum Gasteiger partial charge on any atom is -0.348 e. The van der Waals surface area contributed by atoms with Crippen LogP contribution in [0.4, 0.5) is 5.13 Å². The highest BCUT2D eigenvalue weighted by atomic mass is 32.1. The number of hydrogen-bond acceptors (Lipinski definition) is 4. The monoisotopic (exact) mass is 227 g/mol. The van der Waals surface area contributed by atoms with E-state index < -0.39 is 0 Å². The van der Waals surface area contributed by atoms with E-state index in [0.29, 0.717) is 5.92 Å². The summed E-state index contributed by atoms with van der Waals surface area (Å²) in [4.78, 5) is 7.89. The molecule has 0 radical (unpaired) electrons. The van der Waals surface area contributed by atoms with Crippen molar-refractivity contribution in [3.63, 3.8) is 0 Å². The van der Waals surface area contributed by atoms with Crippen LogP contribution in [0.15, 0.2) is 6.20 Å². The molecule has 1 aromatic heterocycles. The van der Waals surface area contributed by atoms with Gasteiger partial charge in [0.15, 0.2) is 5.13 Å². The molecule has 0 fully saturated rings. The summed E-state index contributed by atoms with van der Waals surface area (Å²) >= 11 is 1.71. The molecule has 1 heterocycles. The molecule has 0 saturated heterocycles. The van der Waals surface area contributed by atoms with Crippen molar-refractivity contribution in [2.24, 2.45) is 11.7 Å². The number of nitrogens with zero attached hydrogens (tertiary/aromatic N) is 2. The van der Waals surface area contributed by atoms with E-state index in [0.717, 1.165) is 23.1 Å². The van der Waals surface area contributed by atoms with Gasteiger partial charge >= 0.3 is 0 Å². The van der Waals surface area contributed by atoms with Crippen LogP contribution in [0.1, 0.15) is 38.6 Å². The molecular formula is C11H21N3S. The Morgan fingerprint density at radius 2 is 2.13 bits per heavy atom. The van der Waals surface area contributed by atoms with E-state index in [4.69, 9.17) is 5.73 Å². The molecule has 1 unspecified atom stereocenters. The van der Waals surface area contributed by atoms with Gasteiger partial charge in [-0.1, -0.05) is 13.8 Å². The molecule has 0 amide bonds. The molecule has 0 aliphatic rings. The maximum absolute atomic E-state index is 5.82. The fourth-order valence-corrected chi connectivity index (χ4v) is 2.36. The highest BCUT2D eigenvalue weighted by Crippen LogP contribution is 2.26. The summed E-state index contributed by atoms with van der Waals surface area (Å²) in [6, 6.07) is 0.0917. The van der Waals surface area contributed by atoms with Crippen molar-refractivity contribution >= 4 is 16.5 Å². The summed E-state index contributed by atoms with van der Waals surface area (Å²) in [5.74, 6) is 0.660. The van der Waals surface area contributed by atoms with Gasteiger partial charge in [-0.05, 0) is 19.8 Å². The highest BCUT2D eigenvalue weighted by molar-refractivity contribution is 7.15. The van der Waals surface area contributed by atoms with Crippen molar-refractivity contribution in [1.82, 2.24) is 4.98 Å². The molecule has 1 aromatic rings. The quantitative estimate of drug-likeness (QED) is 0.841. The van der Waals surface area contributed by atoms with Crippen LogP contribution in [0.25, 0.3) is 0 Å². The summed E-state index contributed by atoms with van der Waals surface area (Å²) in [6.45, 7) is 10.7. The van der Waals surface area contributed by atoms with Crippen molar-refractivity contribution in [2.75, 3.05) is 18.0 Å². The first-order valence-electron chi connectivity index (χ1n) is 5.50. The minimum absolute atomic E-state index is 0.0917. The number of hydrogen-bond donors (Lipinski definition) is 1. The summed E-state index contributed by atoms with van der Waals surface area (Å²) in [5.41, 5.74) is 5.82. The third kappa shape index (κ3) is 3.47. The Bertz CT molecular complexity index is 294. The van der Waals surface area contributed by atoms with Gasteiger partial charge < -0.3 is 10.6 Å². The molecular weight excluding hydrogens is 206 g/mol. The maximum Gasteiger partial charge on any atom is 0.185 e. The lowest BCUT2D eigenvalue weighted by Gasteiger charge is -2.21. The van der Waals surface area contributed by atoms with Crippen LogP contribution in [0.3, 0.4) is 0 Å². The molecule has 0 aliphatic carbocycles. The molecule has 0 aromatic carbocycles. The van der Waals surface area contributed by atoms with Gasteiger partial charge in [-0.2, -0.15) is 0 Å². The summed E-state index contributed by atoms with van der Waals surface area (Å²) < 4.78 is 0. The fraction of sp³-hybridized carbons (Fsp3) is 0.727. The lowest BCUT2D eigenvalue weighted by Crippen LogP contribution is -2.26. The second-order valence-corrected chi connectivity index (χ2v) is 5.31. The first-order valence-corrected chi connectivity index (χ1v) is 6.32. The zero-order valence-corrected chi connectivity index (χ0v) is 10.8. The first kappa shape index (κ1) is 12.5. The largest absolute Gasteiger partial charge is 0.348 e. The Hall–Kier alpha value is -0.610. The topological polar surface area (TPSA) is 42.2 Å². The van der Waals surface area contributed by atoms with E-state index in [1.165, 1.54) is 0 Å². The van der Waals surface area contributed by atoms with Crippen LogP contribution in [0.5, 0.6) is 0 Å². The van der Waals surface area contributed by atoms with E-state index in [2.05, 4.69) is 30.7 Å². The van der Waals surface area contributed by atoms with Gasteiger partial charge in [0, 0.05) is 30.2 Å². The van der Waals surface area contributed by atoms with Crippen LogP contribution in [-0.2, 0) is 0 Å². The SMILES string of the molecule is CCN(CC(C)C)c1ncc(C(C)N)s1. The van der Waals surface area contributed by atoms with Gasteiger partial charge in [0.2, 0.25) is 0 Å². The van der Waals surface area contributed by atoms with E-state index in [1.807, 2.05) is 13.1 Å². The highest BCUT2D eigenvalue weighted by Gasteiger charge is 2.12. The zero-order valence-electron chi connectivity index (χ0n) is 10.0. The third-order valence-corrected chi connectivity index (χ3v) is 3.46. The fourth-order valence-electron chi connectivity index (χ4n) is 1.42. The summed E-state index contributed by atoms with van der Waals surface area (Å²) in [7, 11) is 0. The smallest absolute Gasteiger partial charge is 0.185 e. The van der Waals surface area contributed by atoms with E-state index >= 15 is 0 Å². The average Bonchev–Trinajstić information content (AvgIpc) is 2.62. The molecule has 3 nitrogen and oxygen atoms in total. The molecule has 0 spiro atoms. The Balaban J connectivity index is 2.74. The predicted molar refractivity (Wildman–Crippen MR) is 67.4 cm³/mol. The lowest BCUT2D eigenvalue weighted by molar-refractivity contribution is 0.618. The standard InChI is InChI=1S/C11H21N3S/c1-5-14(7-8(2)3)11-13-6-10(15-11)9(4)12/h6,8-9H,5,7,12H2,1-4H3. The molecule has 15 heavy (non-hydrogen) atoms. The second-order valence-electron chi connectivity index (χ2n) is 4.27. The minimum atomic E-state index is 0.0917. The predicted octanol–water partition coefficient (Wildman–Crippen LogP) is 2.65. The van der Waals surface area contributed by atoms with Crippen LogP contribution in [0.2, 0.25) is 0 Å². The van der Waals surface area contributed by atoms with Crippen LogP contribution >= 0.6 is 11.3 Å². The van der Waals surface area contributed by atoms with E-state index in [9.17, 15) is 0 Å². The van der Waals surface area contributed by atoms with E-state index in [1.54, 1.807) is 11.3 Å². The van der Waals surface area contributed by atoms with Gasteiger partial charge in [0.25, 0.3) is 0 Å². The molecule has 4 heteroatoms. The van der Waals surface area contributed by atoms with Crippen molar-refractivity contribution in [1.29, 1.82) is 0 Å². The Morgan fingerprint density at radius 3 is 2.53 bits per heavy atom. The molecule has 86 valence electrons. The van der Waals surface area contributed by atoms with Crippen molar-refractivity contribution in [3.05, 3.63) is 11.1 Å². The summed E-state index contributed by atoms with van der Waals surface area (Å²) in [5, 5.41) is 1.10. The first-order chi connectivity index (χ1) is 7.04.